The summed E-state index contributed by atoms with van der Waals surface area (Å²) in [7, 11) is 0. The summed E-state index contributed by atoms with van der Waals surface area (Å²) in [6, 6.07) is 8.11. The number of thiocarbonyl (C=S) groups is 1. The standard InChI is InChI=1S/C24H29N3O2S2/c1-4-26-19-12-8-7-11-17(19)21(25-13-9-5-6-10-14-25)18(22(26)28)15-20-23(29)27(16(2)3)24(30)31-20/h7-8,11-12,15-16H,4-6,9-10,13-14H2,1-3H3. The number of hydrogen-bond donors (Lipinski definition) is 0. The molecule has 1 aromatic carbocycles. The second kappa shape index (κ2) is 9.17. The van der Waals surface area contributed by atoms with E-state index >= 15 is 0 Å². The van der Waals surface area contributed by atoms with E-state index in [1.54, 1.807) is 11.0 Å². The van der Waals surface area contributed by atoms with Gasteiger partial charge in [-0.3, -0.25) is 14.5 Å². The van der Waals surface area contributed by atoms with Crippen LogP contribution in [-0.2, 0) is 11.3 Å². The number of amides is 1. The number of carbonyl (C=O) groups is 1. The predicted molar refractivity (Wildman–Crippen MR) is 135 cm³/mol. The number of rotatable bonds is 4. The highest BCUT2D eigenvalue weighted by atomic mass is 32.2. The number of nitrogens with zero attached hydrogens (tertiary/aromatic N) is 3. The second-order valence-corrected chi connectivity index (χ2v) is 10.1. The number of carbonyl (C=O) groups excluding carboxylic acids is 1. The Morgan fingerprint density at radius 2 is 1.77 bits per heavy atom. The minimum atomic E-state index is -0.109. The van der Waals surface area contributed by atoms with Gasteiger partial charge in [0, 0.05) is 31.1 Å². The van der Waals surface area contributed by atoms with Crippen molar-refractivity contribution in [2.75, 3.05) is 18.0 Å². The molecule has 1 amide bonds. The Morgan fingerprint density at radius 1 is 1.10 bits per heavy atom. The van der Waals surface area contributed by atoms with Crippen LogP contribution < -0.4 is 10.5 Å². The van der Waals surface area contributed by atoms with E-state index in [0.717, 1.165) is 42.5 Å². The van der Waals surface area contributed by atoms with Gasteiger partial charge in [-0.2, -0.15) is 0 Å². The monoisotopic (exact) mass is 455 g/mol. The van der Waals surface area contributed by atoms with E-state index in [4.69, 9.17) is 12.2 Å². The molecule has 0 unspecified atom stereocenters. The number of pyridine rings is 1. The first-order valence-electron chi connectivity index (χ1n) is 11.1. The lowest BCUT2D eigenvalue weighted by Gasteiger charge is -2.27. The van der Waals surface area contributed by atoms with Gasteiger partial charge in [-0.15, -0.1) is 0 Å². The van der Waals surface area contributed by atoms with E-state index in [2.05, 4.69) is 11.0 Å². The lowest BCUT2D eigenvalue weighted by Crippen LogP contribution is -2.34. The molecule has 2 saturated heterocycles. The minimum absolute atomic E-state index is 0.00706. The summed E-state index contributed by atoms with van der Waals surface area (Å²) < 4.78 is 2.37. The third-order valence-corrected chi connectivity index (χ3v) is 7.36. The summed E-state index contributed by atoms with van der Waals surface area (Å²) in [6.07, 6.45) is 6.44. The molecule has 0 atom stereocenters. The van der Waals surface area contributed by atoms with Gasteiger partial charge in [0.15, 0.2) is 0 Å². The van der Waals surface area contributed by atoms with Crippen molar-refractivity contribution in [2.45, 2.75) is 59.0 Å². The maximum absolute atomic E-state index is 13.7. The van der Waals surface area contributed by atoms with Gasteiger partial charge in [-0.25, -0.2) is 0 Å². The Balaban J connectivity index is 1.97. The molecule has 164 valence electrons. The molecule has 2 aliphatic heterocycles. The molecule has 0 radical (unpaired) electrons. The van der Waals surface area contributed by atoms with Crippen molar-refractivity contribution >= 4 is 56.9 Å². The van der Waals surface area contributed by atoms with Crippen LogP contribution in [-0.4, -0.2) is 38.8 Å². The third-order valence-electron chi connectivity index (χ3n) is 6.03. The minimum Gasteiger partial charge on any atom is -0.370 e. The average Bonchev–Trinajstić information content (AvgIpc) is 2.90. The van der Waals surface area contributed by atoms with Gasteiger partial charge in [0.25, 0.3) is 11.5 Å². The first-order valence-corrected chi connectivity index (χ1v) is 12.3. The molecule has 7 heteroatoms. The smallest absolute Gasteiger partial charge is 0.266 e. The number of aromatic nitrogens is 1. The van der Waals surface area contributed by atoms with Crippen LogP contribution in [0.5, 0.6) is 0 Å². The van der Waals surface area contributed by atoms with Gasteiger partial charge in [0.1, 0.15) is 4.32 Å². The summed E-state index contributed by atoms with van der Waals surface area (Å²) in [5.41, 5.74) is 2.46. The molecule has 31 heavy (non-hydrogen) atoms. The zero-order chi connectivity index (χ0) is 22.1. The Kier molecular flexibility index (Phi) is 6.53. The predicted octanol–water partition coefficient (Wildman–Crippen LogP) is 5.01. The zero-order valence-electron chi connectivity index (χ0n) is 18.4. The van der Waals surface area contributed by atoms with E-state index in [1.807, 2.05) is 43.5 Å². The van der Waals surface area contributed by atoms with Crippen molar-refractivity contribution in [3.8, 4) is 0 Å². The van der Waals surface area contributed by atoms with Crippen LogP contribution in [0.15, 0.2) is 34.0 Å². The summed E-state index contributed by atoms with van der Waals surface area (Å²) in [4.78, 5) is 31.3. The average molecular weight is 456 g/mol. The van der Waals surface area contributed by atoms with Crippen LogP contribution in [0, 0.1) is 0 Å². The maximum atomic E-state index is 13.7. The van der Waals surface area contributed by atoms with Gasteiger partial charge in [0.05, 0.1) is 21.7 Å². The molecule has 2 aliphatic rings. The highest BCUT2D eigenvalue weighted by Crippen LogP contribution is 2.37. The van der Waals surface area contributed by atoms with Gasteiger partial charge in [0.2, 0.25) is 0 Å². The van der Waals surface area contributed by atoms with Crippen molar-refractivity contribution in [3.63, 3.8) is 0 Å². The van der Waals surface area contributed by atoms with Gasteiger partial charge >= 0.3 is 0 Å². The molecule has 0 saturated carbocycles. The summed E-state index contributed by atoms with van der Waals surface area (Å²) in [5.74, 6) is -0.109. The van der Waals surface area contributed by atoms with Crippen LogP contribution in [0.2, 0.25) is 0 Å². The summed E-state index contributed by atoms with van der Waals surface area (Å²) in [6.45, 7) is 8.32. The van der Waals surface area contributed by atoms with E-state index in [-0.39, 0.29) is 17.5 Å². The highest BCUT2D eigenvalue weighted by molar-refractivity contribution is 8.26. The molecule has 5 nitrogen and oxygen atoms in total. The molecule has 0 N–H and O–H groups in total. The fraction of sp³-hybridized carbons (Fsp3) is 0.458. The Hall–Kier alpha value is -2.12. The number of aryl methyl sites for hydroxylation is 1. The van der Waals surface area contributed by atoms with E-state index < -0.39 is 0 Å². The molecule has 1 aromatic heterocycles. The van der Waals surface area contributed by atoms with Crippen molar-refractivity contribution in [1.29, 1.82) is 0 Å². The van der Waals surface area contributed by atoms with E-state index in [1.165, 1.54) is 24.6 Å². The molecule has 2 aromatic rings. The molecule has 4 rings (SSSR count). The van der Waals surface area contributed by atoms with Crippen LogP contribution in [0.1, 0.15) is 52.0 Å². The van der Waals surface area contributed by atoms with Gasteiger partial charge in [-0.05, 0) is 45.8 Å². The fourth-order valence-corrected chi connectivity index (χ4v) is 6.05. The first-order chi connectivity index (χ1) is 14.9. The number of thioether (sulfide) groups is 1. The highest BCUT2D eigenvalue weighted by Gasteiger charge is 2.34. The Bertz CT molecular complexity index is 1110. The zero-order valence-corrected chi connectivity index (χ0v) is 20.0. The Labute approximate surface area is 193 Å². The quantitative estimate of drug-likeness (QED) is 0.479. The fourth-order valence-electron chi connectivity index (χ4n) is 4.55. The first kappa shape index (κ1) is 22.1. The number of anilines is 1. The third kappa shape index (κ3) is 4.05. The summed E-state index contributed by atoms with van der Waals surface area (Å²) >= 11 is 6.75. The number of benzene rings is 1. The number of fused-ring (bicyclic) bond motifs is 1. The maximum Gasteiger partial charge on any atom is 0.266 e. The van der Waals surface area contributed by atoms with Crippen LogP contribution in [0.3, 0.4) is 0 Å². The van der Waals surface area contributed by atoms with Crippen LogP contribution in [0.4, 0.5) is 5.69 Å². The lowest BCUT2D eigenvalue weighted by atomic mass is 10.1. The number of hydrogen-bond acceptors (Lipinski definition) is 5. The molecule has 0 aliphatic carbocycles. The van der Waals surface area contributed by atoms with Crippen LogP contribution >= 0.6 is 24.0 Å². The molecule has 0 bridgehead atoms. The normalized spacial score (nSPS) is 19.2. The van der Waals surface area contributed by atoms with Crippen molar-refractivity contribution in [1.82, 2.24) is 9.47 Å². The van der Waals surface area contributed by atoms with E-state index in [0.29, 0.717) is 21.3 Å². The van der Waals surface area contributed by atoms with Gasteiger partial charge in [-0.1, -0.05) is 55.0 Å². The van der Waals surface area contributed by atoms with Gasteiger partial charge < -0.3 is 9.47 Å². The SMILES string of the molecule is CCn1c(=O)c(C=C2SC(=S)N(C(C)C)C2=O)c(N2CCCCCC2)c2ccccc21. The molecule has 0 spiro atoms. The topological polar surface area (TPSA) is 45.6 Å². The molecular formula is C24H29N3O2S2. The Morgan fingerprint density at radius 3 is 2.39 bits per heavy atom. The van der Waals surface area contributed by atoms with Crippen molar-refractivity contribution in [2.24, 2.45) is 0 Å². The number of para-hydroxylation sites is 1. The second-order valence-electron chi connectivity index (χ2n) is 8.38. The van der Waals surface area contributed by atoms with Crippen LogP contribution in [0.25, 0.3) is 17.0 Å². The lowest BCUT2D eigenvalue weighted by molar-refractivity contribution is -0.123. The van der Waals surface area contributed by atoms with E-state index in [9.17, 15) is 9.59 Å². The van der Waals surface area contributed by atoms with Crippen molar-refractivity contribution in [3.05, 3.63) is 45.1 Å². The molecule has 2 fully saturated rings. The molecular weight excluding hydrogens is 426 g/mol. The van der Waals surface area contributed by atoms with Crippen molar-refractivity contribution < 1.29 is 4.79 Å². The largest absolute Gasteiger partial charge is 0.370 e. The summed E-state index contributed by atoms with van der Waals surface area (Å²) in [5, 5.41) is 1.07. The molecule has 3 heterocycles.